The maximum absolute atomic E-state index is 12.0. The van der Waals surface area contributed by atoms with Gasteiger partial charge in [-0.2, -0.15) is 10.2 Å². The molecule has 0 radical (unpaired) electrons. The van der Waals surface area contributed by atoms with Gasteiger partial charge >= 0.3 is 0 Å². The number of aryl methyl sites for hydroxylation is 1. The Morgan fingerprint density at radius 1 is 1.30 bits per heavy atom. The Morgan fingerprint density at radius 3 is 2.74 bits per heavy atom. The zero-order valence-corrected chi connectivity index (χ0v) is 13.5. The second-order valence-corrected chi connectivity index (χ2v) is 5.72. The van der Waals surface area contributed by atoms with Crippen molar-refractivity contribution >= 4 is 16.9 Å². The molecule has 1 amide bonds. The largest absolute Gasteiger partial charge is 0.350 e. The van der Waals surface area contributed by atoms with Gasteiger partial charge in [-0.05, 0) is 32.9 Å². The molecule has 0 fully saturated rings. The fraction of sp³-hybridized carbons (Fsp3) is 0.375. The molecule has 7 heteroatoms. The lowest BCUT2D eigenvalue weighted by Crippen LogP contribution is -2.27. The molecule has 1 N–H and O–H groups in total. The minimum atomic E-state index is -0.106. The molecule has 3 heterocycles. The van der Waals surface area contributed by atoms with Crippen LogP contribution in [0.4, 0.5) is 0 Å². The molecule has 120 valence electrons. The van der Waals surface area contributed by atoms with Gasteiger partial charge in [0.15, 0.2) is 0 Å². The molecule has 3 aromatic heterocycles. The van der Waals surface area contributed by atoms with Crippen LogP contribution >= 0.6 is 0 Å². The summed E-state index contributed by atoms with van der Waals surface area (Å²) in [6.45, 7) is 7.28. The molecular weight excluding hydrogens is 292 g/mol. The first-order valence-electron chi connectivity index (χ1n) is 7.66. The third-order valence-corrected chi connectivity index (χ3v) is 3.71. The lowest BCUT2D eigenvalue weighted by atomic mass is 10.2. The van der Waals surface area contributed by atoms with E-state index >= 15 is 0 Å². The van der Waals surface area contributed by atoms with E-state index in [-0.39, 0.29) is 11.9 Å². The second-order valence-electron chi connectivity index (χ2n) is 5.72. The van der Waals surface area contributed by atoms with Crippen molar-refractivity contribution in [3.05, 3.63) is 42.0 Å². The summed E-state index contributed by atoms with van der Waals surface area (Å²) in [6, 6.07) is 3.67. The Bertz CT molecular complexity index is 818. The van der Waals surface area contributed by atoms with Crippen LogP contribution in [0.5, 0.6) is 0 Å². The quantitative estimate of drug-likeness (QED) is 0.781. The fourth-order valence-electron chi connectivity index (χ4n) is 2.62. The number of hydrogen-bond donors (Lipinski definition) is 1. The van der Waals surface area contributed by atoms with Crippen LogP contribution in [0.3, 0.4) is 0 Å². The molecule has 7 nitrogen and oxygen atoms in total. The fourth-order valence-corrected chi connectivity index (χ4v) is 2.62. The normalized spacial score (nSPS) is 11.3. The van der Waals surface area contributed by atoms with E-state index in [4.69, 9.17) is 0 Å². The number of carbonyl (C=O) groups is 1. The summed E-state index contributed by atoms with van der Waals surface area (Å²) < 4.78 is 3.87. The third-order valence-electron chi connectivity index (χ3n) is 3.71. The summed E-state index contributed by atoms with van der Waals surface area (Å²) in [7, 11) is 0. The molecule has 3 aromatic rings. The van der Waals surface area contributed by atoms with Crippen LogP contribution < -0.4 is 5.32 Å². The van der Waals surface area contributed by atoms with E-state index in [1.165, 1.54) is 0 Å². The maximum Gasteiger partial charge on any atom is 0.251 e. The lowest BCUT2D eigenvalue weighted by Gasteiger charge is -2.06. The van der Waals surface area contributed by atoms with Crippen LogP contribution in [0.1, 0.15) is 35.9 Å². The van der Waals surface area contributed by atoms with Gasteiger partial charge in [-0.15, -0.1) is 0 Å². The van der Waals surface area contributed by atoms with Crippen molar-refractivity contribution in [1.29, 1.82) is 0 Å². The minimum absolute atomic E-state index is 0.106. The van der Waals surface area contributed by atoms with Gasteiger partial charge in [0.05, 0.1) is 18.4 Å². The number of fused-ring (bicyclic) bond motifs is 1. The van der Waals surface area contributed by atoms with Crippen LogP contribution in [-0.2, 0) is 6.54 Å². The number of pyridine rings is 1. The molecule has 0 saturated carbocycles. The van der Waals surface area contributed by atoms with Crippen LogP contribution in [0, 0.1) is 6.92 Å². The number of rotatable bonds is 5. The first-order chi connectivity index (χ1) is 11.1. The monoisotopic (exact) mass is 312 g/mol. The highest BCUT2D eigenvalue weighted by molar-refractivity contribution is 5.93. The highest BCUT2D eigenvalue weighted by atomic mass is 16.1. The van der Waals surface area contributed by atoms with E-state index in [1.807, 2.05) is 22.5 Å². The molecule has 23 heavy (non-hydrogen) atoms. The second kappa shape index (κ2) is 6.20. The number of amides is 1. The zero-order valence-electron chi connectivity index (χ0n) is 13.5. The molecule has 0 bridgehead atoms. The molecule has 3 rings (SSSR count). The van der Waals surface area contributed by atoms with Crippen LogP contribution in [0.15, 0.2) is 30.7 Å². The standard InChI is InChI=1S/C16H20N6O/c1-11(2)22-14-10-19-21(15(14)12(3)20-22)9-8-18-16(23)13-4-6-17-7-5-13/h4-7,10-11H,8-9H2,1-3H3,(H,18,23). The molecule has 0 unspecified atom stereocenters. The molecular formula is C16H20N6O. The van der Waals surface area contributed by atoms with E-state index < -0.39 is 0 Å². The number of carbonyl (C=O) groups excluding carboxylic acids is 1. The molecule has 0 atom stereocenters. The van der Waals surface area contributed by atoms with Crippen molar-refractivity contribution in [1.82, 2.24) is 29.9 Å². The van der Waals surface area contributed by atoms with Crippen molar-refractivity contribution in [3.63, 3.8) is 0 Å². The first kappa shape index (κ1) is 15.2. The molecule has 0 aliphatic carbocycles. The average Bonchev–Trinajstić information content (AvgIpc) is 3.10. The minimum Gasteiger partial charge on any atom is -0.350 e. The van der Waals surface area contributed by atoms with Gasteiger partial charge in [0.2, 0.25) is 0 Å². The van der Waals surface area contributed by atoms with E-state index in [9.17, 15) is 4.79 Å². The van der Waals surface area contributed by atoms with Crippen LogP contribution in [0.2, 0.25) is 0 Å². The zero-order chi connectivity index (χ0) is 16.4. The van der Waals surface area contributed by atoms with Crippen molar-refractivity contribution in [2.75, 3.05) is 6.54 Å². The molecule has 0 spiro atoms. The average molecular weight is 312 g/mol. The van der Waals surface area contributed by atoms with Gasteiger partial charge in [-0.1, -0.05) is 0 Å². The Kier molecular flexibility index (Phi) is 4.10. The smallest absolute Gasteiger partial charge is 0.251 e. The number of nitrogens with one attached hydrogen (secondary N) is 1. The van der Waals surface area contributed by atoms with Gasteiger partial charge < -0.3 is 5.32 Å². The highest BCUT2D eigenvalue weighted by Gasteiger charge is 2.15. The molecule has 0 aromatic carbocycles. The predicted molar refractivity (Wildman–Crippen MR) is 87.2 cm³/mol. The van der Waals surface area contributed by atoms with E-state index in [0.29, 0.717) is 18.7 Å². The highest BCUT2D eigenvalue weighted by Crippen LogP contribution is 2.20. The Labute approximate surface area is 134 Å². The Balaban J connectivity index is 1.70. The first-order valence-corrected chi connectivity index (χ1v) is 7.66. The summed E-state index contributed by atoms with van der Waals surface area (Å²) in [5.74, 6) is -0.106. The molecule has 0 aliphatic heterocycles. The molecule has 0 aliphatic rings. The lowest BCUT2D eigenvalue weighted by molar-refractivity contribution is 0.0952. The van der Waals surface area contributed by atoms with Crippen molar-refractivity contribution in [3.8, 4) is 0 Å². The SMILES string of the molecule is Cc1nn(C(C)C)c2cnn(CCNC(=O)c3ccncc3)c12. The number of aromatic nitrogens is 5. The number of hydrogen-bond acceptors (Lipinski definition) is 4. The van der Waals surface area contributed by atoms with Crippen molar-refractivity contribution in [2.45, 2.75) is 33.4 Å². The summed E-state index contributed by atoms with van der Waals surface area (Å²) >= 11 is 0. The van der Waals surface area contributed by atoms with Gasteiger partial charge in [0.1, 0.15) is 11.0 Å². The van der Waals surface area contributed by atoms with Gasteiger partial charge in [-0.3, -0.25) is 19.1 Å². The van der Waals surface area contributed by atoms with Gasteiger partial charge in [-0.25, -0.2) is 0 Å². The predicted octanol–water partition coefficient (Wildman–Crippen LogP) is 1.95. The van der Waals surface area contributed by atoms with E-state index in [0.717, 1.165) is 16.7 Å². The van der Waals surface area contributed by atoms with Crippen LogP contribution in [-0.4, -0.2) is 37.0 Å². The summed E-state index contributed by atoms with van der Waals surface area (Å²) in [5, 5.41) is 11.9. The maximum atomic E-state index is 12.0. The number of nitrogens with zero attached hydrogens (tertiary/aromatic N) is 5. The molecule has 0 saturated heterocycles. The van der Waals surface area contributed by atoms with Crippen molar-refractivity contribution < 1.29 is 4.79 Å². The summed E-state index contributed by atoms with van der Waals surface area (Å²) in [4.78, 5) is 15.9. The summed E-state index contributed by atoms with van der Waals surface area (Å²) in [6.07, 6.45) is 5.05. The van der Waals surface area contributed by atoms with E-state index in [1.54, 1.807) is 24.5 Å². The van der Waals surface area contributed by atoms with Crippen LogP contribution in [0.25, 0.3) is 11.0 Å². The Morgan fingerprint density at radius 2 is 2.04 bits per heavy atom. The van der Waals surface area contributed by atoms with Crippen molar-refractivity contribution in [2.24, 2.45) is 0 Å². The van der Waals surface area contributed by atoms with Gasteiger partial charge in [0.25, 0.3) is 5.91 Å². The van der Waals surface area contributed by atoms with Gasteiger partial charge in [0, 0.05) is 30.5 Å². The van der Waals surface area contributed by atoms with E-state index in [2.05, 4.69) is 34.3 Å². The topological polar surface area (TPSA) is 77.6 Å². The third kappa shape index (κ3) is 2.94. The Hall–Kier alpha value is -2.70. The summed E-state index contributed by atoms with van der Waals surface area (Å²) in [5.41, 5.74) is 3.61.